The molecule has 0 aromatic heterocycles. The Labute approximate surface area is 184 Å². The molecule has 1 fully saturated rings. The first-order valence-corrected chi connectivity index (χ1v) is 10.4. The van der Waals surface area contributed by atoms with Crippen LogP contribution >= 0.6 is 0 Å². The first-order valence-electron chi connectivity index (χ1n) is 10.4. The lowest BCUT2D eigenvalue weighted by Gasteiger charge is -2.21. The van der Waals surface area contributed by atoms with Gasteiger partial charge in [0.2, 0.25) is 11.8 Å². The number of rotatable bonds is 7. The summed E-state index contributed by atoms with van der Waals surface area (Å²) in [6.07, 6.45) is 1.94. The Morgan fingerprint density at radius 2 is 1.94 bits per heavy atom. The van der Waals surface area contributed by atoms with E-state index in [1.807, 2.05) is 12.1 Å². The topological polar surface area (TPSA) is 126 Å². The van der Waals surface area contributed by atoms with Crippen molar-refractivity contribution in [2.24, 2.45) is 0 Å². The molecule has 0 bridgehead atoms. The number of anilines is 2. The molecule has 166 valence electrons. The maximum atomic E-state index is 12.3. The van der Waals surface area contributed by atoms with Crippen LogP contribution in [-0.4, -0.2) is 30.4 Å². The molecule has 2 aliphatic heterocycles. The monoisotopic (exact) mass is 436 g/mol. The predicted molar refractivity (Wildman–Crippen MR) is 117 cm³/mol. The number of hydrogen-bond donors (Lipinski definition) is 4. The number of carbonyl (C=O) groups excluding carboxylic acids is 4. The van der Waals surface area contributed by atoms with E-state index < -0.39 is 17.5 Å². The highest BCUT2D eigenvalue weighted by Crippen LogP contribution is 2.28. The molecule has 2 aromatic rings. The fraction of sp³-hybridized carbons (Fsp3) is 0.304. The number of nitrogens with one attached hydrogen (secondary N) is 4. The Balaban J connectivity index is 1.26. The Kier molecular flexibility index (Phi) is 5.81. The first kappa shape index (κ1) is 21.4. The summed E-state index contributed by atoms with van der Waals surface area (Å²) in [6, 6.07) is 11.8. The molecule has 32 heavy (non-hydrogen) atoms. The molecule has 1 unspecified atom stereocenters. The summed E-state index contributed by atoms with van der Waals surface area (Å²) >= 11 is 0. The molecule has 2 heterocycles. The molecule has 9 heteroatoms. The normalized spacial score (nSPS) is 19.5. The molecule has 5 amide bonds. The third-order valence-corrected chi connectivity index (χ3v) is 5.56. The minimum Gasteiger partial charge on any atom is -0.494 e. The number of benzene rings is 2. The number of amides is 5. The molecule has 1 saturated heterocycles. The lowest BCUT2D eigenvalue weighted by atomic mass is 9.92. The van der Waals surface area contributed by atoms with Crippen molar-refractivity contribution in [1.82, 2.24) is 10.6 Å². The smallest absolute Gasteiger partial charge is 0.322 e. The second-order valence-electron chi connectivity index (χ2n) is 7.98. The fourth-order valence-corrected chi connectivity index (χ4v) is 3.75. The molecule has 0 aliphatic carbocycles. The van der Waals surface area contributed by atoms with Crippen molar-refractivity contribution >= 4 is 35.1 Å². The van der Waals surface area contributed by atoms with Gasteiger partial charge in [-0.3, -0.25) is 19.7 Å². The van der Waals surface area contributed by atoms with E-state index in [0.29, 0.717) is 42.9 Å². The van der Waals surface area contributed by atoms with Gasteiger partial charge in [0.15, 0.2) is 0 Å². The van der Waals surface area contributed by atoms with Crippen LogP contribution < -0.4 is 26.0 Å². The fourth-order valence-electron chi connectivity index (χ4n) is 3.75. The number of imide groups is 1. The van der Waals surface area contributed by atoms with Crippen LogP contribution in [0.5, 0.6) is 5.75 Å². The van der Waals surface area contributed by atoms with Crippen molar-refractivity contribution in [2.45, 2.75) is 38.1 Å². The van der Waals surface area contributed by atoms with E-state index in [9.17, 15) is 19.2 Å². The van der Waals surface area contributed by atoms with E-state index in [1.165, 1.54) is 0 Å². The van der Waals surface area contributed by atoms with Crippen LogP contribution in [0.1, 0.15) is 37.3 Å². The molecule has 2 aromatic carbocycles. The molecule has 9 nitrogen and oxygen atoms in total. The van der Waals surface area contributed by atoms with Gasteiger partial charge in [-0.05, 0) is 61.2 Å². The third kappa shape index (κ3) is 4.56. The van der Waals surface area contributed by atoms with E-state index in [4.69, 9.17) is 4.74 Å². The SMILES string of the molecule is CC1(c2cccc(NC(=O)CCCOc3ccc4c(c3)CCC(=O)N4)c2)NC(=O)NC1=O. The summed E-state index contributed by atoms with van der Waals surface area (Å²) in [5, 5.41) is 10.5. The van der Waals surface area contributed by atoms with Gasteiger partial charge in [-0.15, -0.1) is 0 Å². The van der Waals surface area contributed by atoms with Gasteiger partial charge < -0.3 is 20.7 Å². The van der Waals surface area contributed by atoms with Crippen molar-refractivity contribution in [3.05, 3.63) is 53.6 Å². The van der Waals surface area contributed by atoms with Crippen molar-refractivity contribution in [2.75, 3.05) is 17.2 Å². The van der Waals surface area contributed by atoms with E-state index in [-0.39, 0.29) is 18.2 Å². The van der Waals surface area contributed by atoms with Gasteiger partial charge in [0.25, 0.3) is 5.91 Å². The Morgan fingerprint density at radius 3 is 2.72 bits per heavy atom. The summed E-state index contributed by atoms with van der Waals surface area (Å²) in [6.45, 7) is 1.99. The van der Waals surface area contributed by atoms with Crippen LogP contribution in [0.4, 0.5) is 16.2 Å². The minimum atomic E-state index is -1.18. The highest BCUT2D eigenvalue weighted by Gasteiger charge is 2.43. The number of fused-ring (bicyclic) bond motifs is 1. The van der Waals surface area contributed by atoms with E-state index in [0.717, 1.165) is 11.3 Å². The zero-order valence-corrected chi connectivity index (χ0v) is 17.6. The average Bonchev–Trinajstić information content (AvgIpc) is 3.03. The quantitative estimate of drug-likeness (QED) is 0.392. The van der Waals surface area contributed by atoms with Crippen molar-refractivity contribution in [1.29, 1.82) is 0 Å². The summed E-state index contributed by atoms with van der Waals surface area (Å²) in [5.41, 5.74) is 1.80. The lowest BCUT2D eigenvalue weighted by Crippen LogP contribution is -2.40. The number of aryl methyl sites for hydroxylation is 1. The second kappa shape index (κ2) is 8.70. The molecule has 0 spiro atoms. The predicted octanol–water partition coefficient (Wildman–Crippen LogP) is 2.42. The molecule has 0 radical (unpaired) electrons. The maximum absolute atomic E-state index is 12.3. The molecule has 1 atom stereocenters. The molecular weight excluding hydrogens is 412 g/mol. The van der Waals surface area contributed by atoms with Gasteiger partial charge >= 0.3 is 6.03 Å². The van der Waals surface area contributed by atoms with Gasteiger partial charge in [0, 0.05) is 24.2 Å². The molecule has 4 N–H and O–H groups in total. The Morgan fingerprint density at radius 1 is 1.09 bits per heavy atom. The highest BCUT2D eigenvalue weighted by molar-refractivity contribution is 6.07. The lowest BCUT2D eigenvalue weighted by molar-refractivity contribution is -0.123. The van der Waals surface area contributed by atoms with Gasteiger partial charge in [-0.2, -0.15) is 0 Å². The van der Waals surface area contributed by atoms with Crippen LogP contribution in [0.2, 0.25) is 0 Å². The number of hydrogen-bond acceptors (Lipinski definition) is 5. The maximum Gasteiger partial charge on any atom is 0.322 e. The minimum absolute atomic E-state index is 0.0214. The Bertz CT molecular complexity index is 1100. The van der Waals surface area contributed by atoms with Crippen molar-refractivity contribution in [3.8, 4) is 5.75 Å². The largest absolute Gasteiger partial charge is 0.494 e. The summed E-state index contributed by atoms with van der Waals surface area (Å²) in [7, 11) is 0. The number of ether oxygens (including phenoxy) is 1. The van der Waals surface area contributed by atoms with Crippen LogP contribution in [0.3, 0.4) is 0 Å². The van der Waals surface area contributed by atoms with Gasteiger partial charge in [-0.25, -0.2) is 4.79 Å². The van der Waals surface area contributed by atoms with Crippen molar-refractivity contribution in [3.63, 3.8) is 0 Å². The molecular formula is C23H24N4O5. The van der Waals surface area contributed by atoms with Crippen LogP contribution in [0.15, 0.2) is 42.5 Å². The first-order chi connectivity index (χ1) is 15.3. The van der Waals surface area contributed by atoms with Gasteiger partial charge in [-0.1, -0.05) is 12.1 Å². The van der Waals surface area contributed by atoms with Gasteiger partial charge in [0.05, 0.1) is 6.61 Å². The zero-order valence-electron chi connectivity index (χ0n) is 17.6. The van der Waals surface area contributed by atoms with E-state index in [1.54, 1.807) is 37.3 Å². The zero-order chi connectivity index (χ0) is 22.7. The molecule has 4 rings (SSSR count). The Hall–Kier alpha value is -3.88. The molecule has 2 aliphatic rings. The summed E-state index contributed by atoms with van der Waals surface area (Å²) in [4.78, 5) is 47.4. The summed E-state index contributed by atoms with van der Waals surface area (Å²) in [5.74, 6) is 0.114. The van der Waals surface area contributed by atoms with E-state index >= 15 is 0 Å². The van der Waals surface area contributed by atoms with Gasteiger partial charge in [0.1, 0.15) is 11.3 Å². The summed E-state index contributed by atoms with van der Waals surface area (Å²) < 4.78 is 5.74. The standard InChI is InChI=1S/C23H24N4O5/c1-23(21(30)26-22(31)27-23)15-4-2-5-16(13-15)24-19(28)6-3-11-32-17-8-9-18-14(12-17)7-10-20(29)25-18/h2,4-5,8-9,12-13H,3,6-7,10-11H2,1H3,(H,24,28)(H,25,29)(H2,26,27,30,31). The third-order valence-electron chi connectivity index (χ3n) is 5.56. The van der Waals surface area contributed by atoms with Crippen LogP contribution in [0.25, 0.3) is 0 Å². The van der Waals surface area contributed by atoms with E-state index in [2.05, 4.69) is 21.3 Å². The second-order valence-corrected chi connectivity index (χ2v) is 7.98. The average molecular weight is 436 g/mol. The van der Waals surface area contributed by atoms with Crippen LogP contribution in [-0.2, 0) is 26.3 Å². The molecule has 0 saturated carbocycles. The number of carbonyl (C=O) groups is 4. The number of urea groups is 1. The highest BCUT2D eigenvalue weighted by atomic mass is 16.5. The van der Waals surface area contributed by atoms with Crippen molar-refractivity contribution < 1.29 is 23.9 Å². The van der Waals surface area contributed by atoms with Crippen LogP contribution in [0, 0.1) is 0 Å².